The molecule has 19 heavy (non-hydrogen) atoms. The van der Waals surface area contributed by atoms with Gasteiger partial charge in [-0.15, -0.1) is 0 Å². The van der Waals surface area contributed by atoms with Gasteiger partial charge in [-0.1, -0.05) is 17.7 Å². The van der Waals surface area contributed by atoms with E-state index < -0.39 is 0 Å². The molecule has 0 spiro atoms. The number of anilines is 1. The van der Waals surface area contributed by atoms with Crippen molar-refractivity contribution in [3.63, 3.8) is 0 Å². The molecule has 1 aromatic rings. The molecule has 0 radical (unpaired) electrons. The average molecular weight is 283 g/mol. The highest BCUT2D eigenvalue weighted by atomic mass is 35.5. The van der Waals surface area contributed by atoms with Crippen LogP contribution in [0.15, 0.2) is 18.2 Å². The Kier molecular flexibility index (Phi) is 4.66. The molecule has 1 aromatic carbocycles. The van der Waals surface area contributed by atoms with E-state index in [0.29, 0.717) is 22.2 Å². The largest absolute Gasteiger partial charge is 0.398 e. The number of carbonyl (C=O) groups is 1. The fourth-order valence-electron chi connectivity index (χ4n) is 2.42. The Morgan fingerprint density at radius 3 is 2.79 bits per heavy atom. The van der Waals surface area contributed by atoms with Crippen LogP contribution < -0.4 is 5.73 Å². The Bertz CT molecular complexity index is 457. The van der Waals surface area contributed by atoms with Gasteiger partial charge in [0.15, 0.2) is 0 Å². The zero-order chi connectivity index (χ0) is 13.8. The zero-order valence-electron chi connectivity index (χ0n) is 11.1. The molecule has 1 saturated heterocycles. The number of amides is 1. The number of hydrogen-bond donors (Lipinski definition) is 1. The number of likely N-dealkylation sites (tertiary alicyclic amines) is 1. The van der Waals surface area contributed by atoms with Crippen molar-refractivity contribution in [2.24, 2.45) is 5.92 Å². The fourth-order valence-corrected chi connectivity index (χ4v) is 2.63. The van der Waals surface area contributed by atoms with Crippen LogP contribution in [0.2, 0.25) is 5.02 Å². The maximum atomic E-state index is 12.4. The smallest absolute Gasteiger partial charge is 0.255 e. The van der Waals surface area contributed by atoms with Gasteiger partial charge in [-0.25, -0.2) is 0 Å². The van der Waals surface area contributed by atoms with E-state index in [9.17, 15) is 4.79 Å². The second-order valence-electron chi connectivity index (χ2n) is 4.90. The number of piperidine rings is 1. The van der Waals surface area contributed by atoms with Crippen molar-refractivity contribution in [2.45, 2.75) is 12.8 Å². The fraction of sp³-hybridized carbons (Fsp3) is 0.500. The number of ether oxygens (including phenoxy) is 1. The SMILES string of the molecule is COCC1CCN(C(=O)c2cccc(N)c2Cl)CC1. The highest BCUT2D eigenvalue weighted by molar-refractivity contribution is 6.36. The molecular weight excluding hydrogens is 264 g/mol. The lowest BCUT2D eigenvalue weighted by atomic mass is 9.97. The summed E-state index contributed by atoms with van der Waals surface area (Å²) in [4.78, 5) is 14.2. The van der Waals surface area contributed by atoms with Gasteiger partial charge in [0.25, 0.3) is 5.91 Å². The third-order valence-electron chi connectivity index (χ3n) is 3.56. The van der Waals surface area contributed by atoms with Crippen LogP contribution in [0.1, 0.15) is 23.2 Å². The molecular formula is C14H19ClN2O2. The minimum absolute atomic E-state index is 0.0341. The predicted octanol–water partition coefficient (Wildman–Crippen LogP) is 2.42. The van der Waals surface area contributed by atoms with Gasteiger partial charge in [-0.3, -0.25) is 4.79 Å². The first-order chi connectivity index (χ1) is 9.13. The van der Waals surface area contributed by atoms with E-state index in [1.54, 1.807) is 25.3 Å². The summed E-state index contributed by atoms with van der Waals surface area (Å²) in [6.45, 7) is 2.26. The molecule has 4 nitrogen and oxygen atoms in total. The normalized spacial score (nSPS) is 16.6. The molecule has 0 saturated carbocycles. The van der Waals surface area contributed by atoms with E-state index in [1.165, 1.54) is 0 Å². The lowest BCUT2D eigenvalue weighted by molar-refractivity contribution is 0.0614. The number of nitrogen functional groups attached to an aromatic ring is 1. The van der Waals surface area contributed by atoms with Crippen molar-refractivity contribution >= 4 is 23.2 Å². The van der Waals surface area contributed by atoms with Gasteiger partial charge in [0.1, 0.15) is 0 Å². The summed E-state index contributed by atoms with van der Waals surface area (Å²) in [6.07, 6.45) is 1.94. The number of carbonyl (C=O) groups excluding carboxylic acids is 1. The van der Waals surface area contributed by atoms with Crippen molar-refractivity contribution in [2.75, 3.05) is 32.5 Å². The Hall–Kier alpha value is -1.26. The second kappa shape index (κ2) is 6.26. The third-order valence-corrected chi connectivity index (χ3v) is 3.98. The van der Waals surface area contributed by atoms with Crippen LogP contribution in [0.25, 0.3) is 0 Å². The van der Waals surface area contributed by atoms with Gasteiger partial charge in [-0.2, -0.15) is 0 Å². The Balaban J connectivity index is 2.03. The highest BCUT2D eigenvalue weighted by Crippen LogP contribution is 2.26. The number of benzene rings is 1. The van der Waals surface area contributed by atoms with E-state index in [4.69, 9.17) is 22.1 Å². The van der Waals surface area contributed by atoms with Crippen molar-refractivity contribution in [1.82, 2.24) is 4.90 Å². The summed E-state index contributed by atoms with van der Waals surface area (Å²) >= 11 is 6.09. The minimum atomic E-state index is -0.0341. The lowest BCUT2D eigenvalue weighted by Gasteiger charge is -2.32. The molecule has 1 fully saturated rings. The number of halogens is 1. The Morgan fingerprint density at radius 2 is 2.16 bits per heavy atom. The highest BCUT2D eigenvalue weighted by Gasteiger charge is 2.25. The van der Waals surface area contributed by atoms with Crippen molar-refractivity contribution < 1.29 is 9.53 Å². The monoisotopic (exact) mass is 282 g/mol. The van der Waals surface area contributed by atoms with E-state index >= 15 is 0 Å². The summed E-state index contributed by atoms with van der Waals surface area (Å²) in [5.41, 5.74) is 6.67. The quantitative estimate of drug-likeness (QED) is 0.866. The van der Waals surface area contributed by atoms with Crippen LogP contribution in [0.5, 0.6) is 0 Å². The van der Waals surface area contributed by atoms with E-state index in [-0.39, 0.29) is 5.91 Å². The zero-order valence-corrected chi connectivity index (χ0v) is 11.8. The molecule has 2 N–H and O–H groups in total. The molecule has 104 valence electrons. The topological polar surface area (TPSA) is 55.6 Å². The number of methoxy groups -OCH3 is 1. The maximum Gasteiger partial charge on any atom is 0.255 e. The van der Waals surface area contributed by atoms with Gasteiger partial charge >= 0.3 is 0 Å². The summed E-state index contributed by atoms with van der Waals surface area (Å²) in [5.74, 6) is 0.513. The van der Waals surface area contributed by atoms with Crippen molar-refractivity contribution in [3.8, 4) is 0 Å². The average Bonchev–Trinajstić information content (AvgIpc) is 2.42. The van der Waals surface area contributed by atoms with Crippen LogP contribution in [-0.4, -0.2) is 37.6 Å². The minimum Gasteiger partial charge on any atom is -0.398 e. The van der Waals surface area contributed by atoms with Gasteiger partial charge in [0.05, 0.1) is 16.3 Å². The van der Waals surface area contributed by atoms with Crippen LogP contribution in [0.4, 0.5) is 5.69 Å². The molecule has 2 rings (SSSR count). The van der Waals surface area contributed by atoms with Crippen molar-refractivity contribution in [3.05, 3.63) is 28.8 Å². The number of nitrogens with two attached hydrogens (primary N) is 1. The van der Waals surface area contributed by atoms with E-state index in [0.717, 1.165) is 32.5 Å². The maximum absolute atomic E-state index is 12.4. The molecule has 0 aromatic heterocycles. The van der Waals surface area contributed by atoms with E-state index in [1.807, 2.05) is 4.90 Å². The second-order valence-corrected chi connectivity index (χ2v) is 5.28. The standard InChI is InChI=1S/C14H19ClN2O2/c1-19-9-10-5-7-17(8-6-10)14(18)11-3-2-4-12(16)13(11)15/h2-4,10H,5-9,16H2,1H3. The van der Waals surface area contributed by atoms with Crippen LogP contribution in [0, 0.1) is 5.92 Å². The number of rotatable bonds is 3. The molecule has 1 aliphatic rings. The summed E-state index contributed by atoms with van der Waals surface area (Å²) in [5, 5.41) is 0.353. The molecule has 5 heteroatoms. The van der Waals surface area contributed by atoms with Gasteiger partial charge in [-0.05, 0) is 30.9 Å². The van der Waals surface area contributed by atoms with Crippen LogP contribution in [0.3, 0.4) is 0 Å². The Labute approximate surface area is 118 Å². The summed E-state index contributed by atoms with van der Waals surface area (Å²) in [7, 11) is 1.71. The molecule has 0 unspecified atom stereocenters. The van der Waals surface area contributed by atoms with Crippen LogP contribution >= 0.6 is 11.6 Å². The molecule has 1 aliphatic heterocycles. The molecule has 0 bridgehead atoms. The molecule has 0 aliphatic carbocycles. The molecule has 0 atom stereocenters. The number of nitrogens with zero attached hydrogens (tertiary/aromatic N) is 1. The first-order valence-corrected chi connectivity index (χ1v) is 6.83. The van der Waals surface area contributed by atoms with Gasteiger partial charge < -0.3 is 15.4 Å². The van der Waals surface area contributed by atoms with Crippen molar-refractivity contribution in [1.29, 1.82) is 0 Å². The summed E-state index contributed by atoms with van der Waals surface area (Å²) < 4.78 is 5.16. The number of hydrogen-bond acceptors (Lipinski definition) is 3. The third kappa shape index (κ3) is 3.19. The van der Waals surface area contributed by atoms with Gasteiger partial charge in [0, 0.05) is 26.8 Å². The lowest BCUT2D eigenvalue weighted by Crippen LogP contribution is -2.39. The van der Waals surface area contributed by atoms with E-state index in [2.05, 4.69) is 0 Å². The predicted molar refractivity (Wildman–Crippen MR) is 76.4 cm³/mol. The summed E-state index contributed by atoms with van der Waals surface area (Å²) in [6, 6.07) is 5.18. The molecule has 1 heterocycles. The first kappa shape index (κ1) is 14.2. The molecule has 1 amide bonds. The first-order valence-electron chi connectivity index (χ1n) is 6.45. The Morgan fingerprint density at radius 1 is 1.47 bits per heavy atom. The van der Waals surface area contributed by atoms with Crippen LogP contribution in [-0.2, 0) is 4.74 Å². The van der Waals surface area contributed by atoms with Gasteiger partial charge in [0.2, 0.25) is 0 Å².